The minimum atomic E-state index is -4.17. The molecule has 0 spiro atoms. The SMILES string of the molecule is CC(C)N(Cc1ccccc1CCN)CC(F)(F)F. The number of hydrogen-bond acceptors (Lipinski definition) is 2. The summed E-state index contributed by atoms with van der Waals surface area (Å²) in [5.41, 5.74) is 7.48. The predicted octanol–water partition coefficient (Wildman–Crippen LogP) is 2.96. The van der Waals surface area contributed by atoms with Crippen LogP contribution in [0.15, 0.2) is 24.3 Å². The average Bonchev–Trinajstić information content (AvgIpc) is 2.29. The molecule has 0 unspecified atom stereocenters. The quantitative estimate of drug-likeness (QED) is 0.864. The van der Waals surface area contributed by atoms with Crippen LogP contribution in [0.2, 0.25) is 0 Å². The molecule has 0 amide bonds. The van der Waals surface area contributed by atoms with E-state index in [4.69, 9.17) is 5.73 Å². The van der Waals surface area contributed by atoms with Crippen molar-refractivity contribution in [3.8, 4) is 0 Å². The number of nitrogens with two attached hydrogens (primary N) is 1. The fourth-order valence-electron chi connectivity index (χ4n) is 1.98. The summed E-state index contributed by atoms with van der Waals surface area (Å²) in [6.45, 7) is 3.46. The van der Waals surface area contributed by atoms with Gasteiger partial charge in [0.15, 0.2) is 0 Å². The summed E-state index contributed by atoms with van der Waals surface area (Å²) in [6.07, 6.45) is -3.48. The normalized spacial score (nSPS) is 12.4. The lowest BCUT2D eigenvalue weighted by Gasteiger charge is -2.28. The number of nitrogens with zero attached hydrogens (tertiary/aromatic N) is 1. The first-order chi connectivity index (χ1) is 8.83. The van der Waals surface area contributed by atoms with E-state index < -0.39 is 12.7 Å². The van der Waals surface area contributed by atoms with Crippen molar-refractivity contribution in [1.29, 1.82) is 0 Å². The zero-order chi connectivity index (χ0) is 14.5. The highest BCUT2D eigenvalue weighted by atomic mass is 19.4. The Balaban J connectivity index is 2.84. The van der Waals surface area contributed by atoms with Gasteiger partial charge in [-0.25, -0.2) is 0 Å². The Morgan fingerprint density at radius 3 is 2.21 bits per heavy atom. The van der Waals surface area contributed by atoms with Gasteiger partial charge in [-0.1, -0.05) is 24.3 Å². The van der Waals surface area contributed by atoms with Gasteiger partial charge in [-0.05, 0) is 37.9 Å². The molecule has 108 valence electrons. The van der Waals surface area contributed by atoms with Crippen molar-refractivity contribution in [2.24, 2.45) is 5.73 Å². The molecule has 1 aromatic carbocycles. The molecule has 0 radical (unpaired) electrons. The smallest absolute Gasteiger partial charge is 0.330 e. The number of halogens is 3. The summed E-state index contributed by atoms with van der Waals surface area (Å²) in [5, 5.41) is 0. The topological polar surface area (TPSA) is 29.3 Å². The Morgan fingerprint density at radius 2 is 1.74 bits per heavy atom. The first-order valence-electron chi connectivity index (χ1n) is 6.41. The van der Waals surface area contributed by atoms with E-state index in [9.17, 15) is 13.2 Å². The second kappa shape index (κ2) is 6.91. The molecule has 0 aliphatic rings. The minimum Gasteiger partial charge on any atom is -0.330 e. The van der Waals surface area contributed by atoms with E-state index in [1.165, 1.54) is 4.90 Å². The second-order valence-corrected chi connectivity index (χ2v) is 4.92. The van der Waals surface area contributed by atoms with Crippen LogP contribution >= 0.6 is 0 Å². The van der Waals surface area contributed by atoms with Crippen molar-refractivity contribution < 1.29 is 13.2 Å². The maximum atomic E-state index is 12.6. The van der Waals surface area contributed by atoms with Gasteiger partial charge in [-0.2, -0.15) is 13.2 Å². The molecule has 0 saturated carbocycles. The summed E-state index contributed by atoms with van der Waals surface area (Å²) < 4.78 is 37.7. The molecule has 0 fully saturated rings. The van der Waals surface area contributed by atoms with Gasteiger partial charge in [-0.15, -0.1) is 0 Å². The van der Waals surface area contributed by atoms with Crippen LogP contribution in [0.5, 0.6) is 0 Å². The van der Waals surface area contributed by atoms with Crippen molar-refractivity contribution in [3.63, 3.8) is 0 Å². The summed E-state index contributed by atoms with van der Waals surface area (Å²) in [6, 6.07) is 7.37. The third kappa shape index (κ3) is 5.61. The highest BCUT2D eigenvalue weighted by Gasteiger charge is 2.31. The zero-order valence-corrected chi connectivity index (χ0v) is 11.4. The fourth-order valence-corrected chi connectivity index (χ4v) is 1.98. The van der Waals surface area contributed by atoms with Gasteiger partial charge in [0.05, 0.1) is 6.54 Å². The van der Waals surface area contributed by atoms with E-state index >= 15 is 0 Å². The molecule has 0 aliphatic carbocycles. The zero-order valence-electron chi connectivity index (χ0n) is 11.4. The van der Waals surface area contributed by atoms with Crippen LogP contribution in [-0.4, -0.2) is 30.2 Å². The van der Waals surface area contributed by atoms with Gasteiger partial charge in [0.25, 0.3) is 0 Å². The minimum absolute atomic E-state index is 0.160. The lowest BCUT2D eigenvalue weighted by atomic mass is 10.0. The van der Waals surface area contributed by atoms with Crippen molar-refractivity contribution in [2.75, 3.05) is 13.1 Å². The van der Waals surface area contributed by atoms with Gasteiger partial charge < -0.3 is 5.73 Å². The first kappa shape index (κ1) is 16.0. The van der Waals surface area contributed by atoms with Crippen LogP contribution in [0, 0.1) is 0 Å². The molecular formula is C14H21F3N2. The van der Waals surface area contributed by atoms with E-state index in [0.717, 1.165) is 11.1 Å². The number of benzene rings is 1. The summed E-state index contributed by atoms with van der Waals surface area (Å²) >= 11 is 0. The van der Waals surface area contributed by atoms with E-state index in [1.54, 1.807) is 13.8 Å². The van der Waals surface area contributed by atoms with Crippen molar-refractivity contribution in [1.82, 2.24) is 4.90 Å². The lowest BCUT2D eigenvalue weighted by molar-refractivity contribution is -0.150. The van der Waals surface area contributed by atoms with Crippen molar-refractivity contribution in [2.45, 2.75) is 39.0 Å². The Bertz CT molecular complexity index is 389. The Hall–Kier alpha value is -1.07. The molecule has 0 aliphatic heterocycles. The molecule has 2 nitrogen and oxygen atoms in total. The third-order valence-corrected chi connectivity index (χ3v) is 3.02. The van der Waals surface area contributed by atoms with E-state index in [2.05, 4.69) is 0 Å². The molecule has 0 atom stereocenters. The van der Waals surface area contributed by atoms with Crippen molar-refractivity contribution >= 4 is 0 Å². The van der Waals surface area contributed by atoms with Gasteiger partial charge >= 0.3 is 6.18 Å². The van der Waals surface area contributed by atoms with Crippen LogP contribution in [-0.2, 0) is 13.0 Å². The highest BCUT2D eigenvalue weighted by Crippen LogP contribution is 2.21. The van der Waals surface area contributed by atoms with Crippen LogP contribution in [0.1, 0.15) is 25.0 Å². The molecule has 0 heterocycles. The van der Waals surface area contributed by atoms with Gasteiger partial charge in [0, 0.05) is 12.6 Å². The monoisotopic (exact) mass is 274 g/mol. The van der Waals surface area contributed by atoms with Crippen molar-refractivity contribution in [3.05, 3.63) is 35.4 Å². The van der Waals surface area contributed by atoms with E-state index in [1.807, 2.05) is 24.3 Å². The van der Waals surface area contributed by atoms with E-state index in [0.29, 0.717) is 19.5 Å². The second-order valence-electron chi connectivity index (χ2n) is 4.92. The molecule has 1 rings (SSSR count). The van der Waals surface area contributed by atoms with Crippen LogP contribution in [0.25, 0.3) is 0 Å². The van der Waals surface area contributed by atoms with Crippen LogP contribution in [0.3, 0.4) is 0 Å². The number of alkyl halides is 3. The molecule has 5 heteroatoms. The molecule has 19 heavy (non-hydrogen) atoms. The van der Waals surface area contributed by atoms with Gasteiger partial charge in [-0.3, -0.25) is 4.90 Å². The fraction of sp³-hybridized carbons (Fsp3) is 0.571. The van der Waals surface area contributed by atoms with Gasteiger partial charge in [0.1, 0.15) is 0 Å². The number of hydrogen-bond donors (Lipinski definition) is 1. The Labute approximate surface area is 112 Å². The maximum absolute atomic E-state index is 12.6. The first-order valence-corrected chi connectivity index (χ1v) is 6.41. The summed E-state index contributed by atoms with van der Waals surface area (Å²) in [4.78, 5) is 1.43. The molecule has 0 saturated heterocycles. The molecular weight excluding hydrogens is 253 g/mol. The number of rotatable bonds is 6. The third-order valence-electron chi connectivity index (χ3n) is 3.02. The van der Waals surface area contributed by atoms with E-state index in [-0.39, 0.29) is 6.04 Å². The maximum Gasteiger partial charge on any atom is 0.401 e. The lowest BCUT2D eigenvalue weighted by Crippen LogP contribution is -2.38. The Morgan fingerprint density at radius 1 is 1.16 bits per heavy atom. The molecule has 0 aromatic heterocycles. The Kier molecular flexibility index (Phi) is 5.82. The predicted molar refractivity (Wildman–Crippen MR) is 70.8 cm³/mol. The standard InChI is InChI=1S/C14H21F3N2/c1-11(2)19(10-14(15,16)17)9-13-6-4-3-5-12(13)7-8-18/h3-6,11H,7-10,18H2,1-2H3. The average molecular weight is 274 g/mol. The summed E-state index contributed by atoms with van der Waals surface area (Å²) in [5.74, 6) is 0. The molecule has 1 aromatic rings. The van der Waals surface area contributed by atoms with Gasteiger partial charge in [0.2, 0.25) is 0 Å². The molecule has 2 N–H and O–H groups in total. The summed E-state index contributed by atoms with van der Waals surface area (Å²) in [7, 11) is 0. The van der Waals surface area contributed by atoms with Crippen LogP contribution in [0.4, 0.5) is 13.2 Å². The highest BCUT2D eigenvalue weighted by molar-refractivity contribution is 5.27. The largest absolute Gasteiger partial charge is 0.401 e. The van der Waals surface area contributed by atoms with Crippen LogP contribution < -0.4 is 5.73 Å². The molecule has 0 bridgehead atoms.